The third-order valence-electron chi connectivity index (χ3n) is 3.82. The van der Waals surface area contributed by atoms with Crippen LogP contribution in [0.4, 0.5) is 0 Å². The molecule has 1 N–H and O–H groups in total. The van der Waals surface area contributed by atoms with E-state index in [4.69, 9.17) is 0 Å². The van der Waals surface area contributed by atoms with Crippen LogP contribution in [0.1, 0.15) is 39.5 Å². The van der Waals surface area contributed by atoms with Gasteiger partial charge in [-0.15, -0.1) is 0 Å². The smallest absolute Gasteiger partial charge is 0.0499 e. The molecule has 14 heavy (non-hydrogen) atoms. The van der Waals surface area contributed by atoms with Crippen molar-refractivity contribution in [2.45, 2.75) is 39.5 Å². The fraction of sp³-hybridized carbons (Fsp3) is 1.00. The SMILES string of the molecule is CCN(C)CC1(CO)CCC(C)CC1. The van der Waals surface area contributed by atoms with E-state index < -0.39 is 0 Å². The van der Waals surface area contributed by atoms with Crippen LogP contribution in [0.25, 0.3) is 0 Å². The minimum atomic E-state index is 0.206. The summed E-state index contributed by atoms with van der Waals surface area (Å²) >= 11 is 0. The third-order valence-corrected chi connectivity index (χ3v) is 3.82. The van der Waals surface area contributed by atoms with Crippen molar-refractivity contribution in [1.29, 1.82) is 0 Å². The zero-order chi connectivity index (χ0) is 10.6. The molecule has 1 rings (SSSR count). The Hall–Kier alpha value is -0.0800. The minimum Gasteiger partial charge on any atom is -0.396 e. The second-order valence-electron chi connectivity index (χ2n) is 5.17. The molecule has 0 spiro atoms. The van der Waals surface area contributed by atoms with Crippen LogP contribution in [0, 0.1) is 11.3 Å². The minimum absolute atomic E-state index is 0.206. The van der Waals surface area contributed by atoms with E-state index in [1.807, 2.05) is 0 Å². The molecule has 0 heterocycles. The Morgan fingerprint density at radius 3 is 2.36 bits per heavy atom. The van der Waals surface area contributed by atoms with E-state index in [0.29, 0.717) is 6.61 Å². The van der Waals surface area contributed by atoms with Gasteiger partial charge in [-0.25, -0.2) is 0 Å². The maximum absolute atomic E-state index is 9.55. The zero-order valence-electron chi connectivity index (χ0n) is 9.92. The van der Waals surface area contributed by atoms with E-state index in [-0.39, 0.29) is 5.41 Å². The summed E-state index contributed by atoms with van der Waals surface area (Å²) in [5, 5.41) is 9.55. The Bertz CT molecular complexity index is 162. The highest BCUT2D eigenvalue weighted by atomic mass is 16.3. The summed E-state index contributed by atoms with van der Waals surface area (Å²) in [4.78, 5) is 2.33. The monoisotopic (exact) mass is 199 g/mol. The molecule has 2 heteroatoms. The van der Waals surface area contributed by atoms with Gasteiger partial charge in [0.2, 0.25) is 0 Å². The van der Waals surface area contributed by atoms with Crippen molar-refractivity contribution in [2.75, 3.05) is 26.7 Å². The van der Waals surface area contributed by atoms with Crippen LogP contribution in [0.15, 0.2) is 0 Å². The fourth-order valence-corrected chi connectivity index (χ4v) is 2.43. The predicted octanol–water partition coefficient (Wildman–Crippen LogP) is 2.13. The van der Waals surface area contributed by atoms with Gasteiger partial charge in [0.1, 0.15) is 0 Å². The Labute approximate surface area is 88.3 Å². The van der Waals surface area contributed by atoms with Gasteiger partial charge in [0.25, 0.3) is 0 Å². The first kappa shape index (κ1) is 12.0. The first-order chi connectivity index (χ1) is 6.62. The molecule has 0 aromatic heterocycles. The number of aliphatic hydroxyl groups is 1. The number of hydrogen-bond acceptors (Lipinski definition) is 2. The Kier molecular flexibility index (Phi) is 4.39. The Morgan fingerprint density at radius 1 is 1.36 bits per heavy atom. The summed E-state index contributed by atoms with van der Waals surface area (Å²) in [6.45, 7) is 7.01. The molecular formula is C12H25NO. The van der Waals surface area contributed by atoms with Crippen LogP contribution in [0.5, 0.6) is 0 Å². The largest absolute Gasteiger partial charge is 0.396 e. The summed E-state index contributed by atoms with van der Waals surface area (Å²) in [6.07, 6.45) is 4.99. The average Bonchev–Trinajstić information content (AvgIpc) is 2.22. The standard InChI is InChI=1S/C12H25NO/c1-4-13(3)9-12(10-14)7-5-11(2)6-8-12/h11,14H,4-10H2,1-3H3. The van der Waals surface area contributed by atoms with Crippen molar-refractivity contribution in [3.05, 3.63) is 0 Å². The quantitative estimate of drug-likeness (QED) is 0.749. The molecule has 0 bridgehead atoms. The highest BCUT2D eigenvalue weighted by molar-refractivity contribution is 4.86. The molecule has 2 nitrogen and oxygen atoms in total. The van der Waals surface area contributed by atoms with Crippen molar-refractivity contribution in [3.8, 4) is 0 Å². The normalized spacial score (nSPS) is 33.6. The van der Waals surface area contributed by atoms with Crippen molar-refractivity contribution in [1.82, 2.24) is 4.90 Å². The molecule has 0 aromatic rings. The van der Waals surface area contributed by atoms with E-state index >= 15 is 0 Å². The van der Waals surface area contributed by atoms with Gasteiger partial charge in [-0.1, -0.05) is 26.7 Å². The lowest BCUT2D eigenvalue weighted by atomic mass is 9.71. The van der Waals surface area contributed by atoms with E-state index in [1.54, 1.807) is 0 Å². The van der Waals surface area contributed by atoms with Crippen LogP contribution < -0.4 is 0 Å². The number of aliphatic hydroxyl groups excluding tert-OH is 1. The van der Waals surface area contributed by atoms with E-state index in [9.17, 15) is 5.11 Å². The molecule has 0 atom stereocenters. The molecule has 1 saturated carbocycles. The summed E-state index contributed by atoms with van der Waals surface area (Å²) in [5.41, 5.74) is 0.206. The molecule has 84 valence electrons. The maximum atomic E-state index is 9.55. The molecule has 0 unspecified atom stereocenters. The second kappa shape index (κ2) is 5.13. The number of rotatable bonds is 4. The summed E-state index contributed by atoms with van der Waals surface area (Å²) < 4.78 is 0. The number of hydrogen-bond donors (Lipinski definition) is 1. The van der Waals surface area contributed by atoms with Crippen LogP contribution in [0.3, 0.4) is 0 Å². The number of nitrogens with zero attached hydrogens (tertiary/aromatic N) is 1. The molecule has 1 aliphatic rings. The summed E-state index contributed by atoms with van der Waals surface area (Å²) in [5.74, 6) is 0.863. The van der Waals surface area contributed by atoms with Crippen LogP contribution in [0.2, 0.25) is 0 Å². The van der Waals surface area contributed by atoms with Crippen molar-refractivity contribution in [3.63, 3.8) is 0 Å². The topological polar surface area (TPSA) is 23.5 Å². The first-order valence-corrected chi connectivity index (χ1v) is 5.91. The molecule has 0 aliphatic heterocycles. The van der Waals surface area contributed by atoms with Gasteiger partial charge in [0, 0.05) is 18.6 Å². The Balaban J connectivity index is 2.49. The van der Waals surface area contributed by atoms with Gasteiger partial charge in [-0.05, 0) is 32.4 Å². The van der Waals surface area contributed by atoms with Gasteiger partial charge in [-0.2, -0.15) is 0 Å². The van der Waals surface area contributed by atoms with Crippen LogP contribution >= 0.6 is 0 Å². The summed E-state index contributed by atoms with van der Waals surface area (Å²) in [7, 11) is 2.15. The average molecular weight is 199 g/mol. The van der Waals surface area contributed by atoms with E-state index in [2.05, 4.69) is 25.8 Å². The van der Waals surface area contributed by atoms with Gasteiger partial charge < -0.3 is 10.0 Å². The highest BCUT2D eigenvalue weighted by Gasteiger charge is 2.34. The molecule has 0 amide bonds. The highest BCUT2D eigenvalue weighted by Crippen LogP contribution is 2.38. The van der Waals surface area contributed by atoms with E-state index in [0.717, 1.165) is 19.0 Å². The third kappa shape index (κ3) is 2.96. The second-order valence-corrected chi connectivity index (χ2v) is 5.17. The van der Waals surface area contributed by atoms with Crippen LogP contribution in [-0.4, -0.2) is 36.8 Å². The van der Waals surface area contributed by atoms with Crippen molar-refractivity contribution in [2.24, 2.45) is 11.3 Å². The Morgan fingerprint density at radius 2 is 1.93 bits per heavy atom. The van der Waals surface area contributed by atoms with Crippen LogP contribution in [-0.2, 0) is 0 Å². The molecular weight excluding hydrogens is 174 g/mol. The summed E-state index contributed by atoms with van der Waals surface area (Å²) in [6, 6.07) is 0. The van der Waals surface area contributed by atoms with Crippen molar-refractivity contribution < 1.29 is 5.11 Å². The van der Waals surface area contributed by atoms with Gasteiger partial charge in [0.15, 0.2) is 0 Å². The van der Waals surface area contributed by atoms with Crippen molar-refractivity contribution >= 4 is 0 Å². The molecule has 0 saturated heterocycles. The lowest BCUT2D eigenvalue weighted by Gasteiger charge is -2.40. The molecule has 1 fully saturated rings. The lowest BCUT2D eigenvalue weighted by Crippen LogP contribution is -2.41. The van der Waals surface area contributed by atoms with Gasteiger partial charge in [-0.3, -0.25) is 0 Å². The lowest BCUT2D eigenvalue weighted by molar-refractivity contribution is 0.0379. The maximum Gasteiger partial charge on any atom is 0.0499 e. The molecule has 0 aromatic carbocycles. The zero-order valence-corrected chi connectivity index (χ0v) is 9.92. The predicted molar refractivity (Wildman–Crippen MR) is 60.3 cm³/mol. The fourth-order valence-electron chi connectivity index (χ4n) is 2.43. The molecule has 1 aliphatic carbocycles. The van der Waals surface area contributed by atoms with E-state index in [1.165, 1.54) is 25.7 Å². The molecule has 0 radical (unpaired) electrons. The first-order valence-electron chi connectivity index (χ1n) is 5.91. The van der Waals surface area contributed by atoms with Gasteiger partial charge in [0.05, 0.1) is 0 Å². The van der Waals surface area contributed by atoms with Gasteiger partial charge >= 0.3 is 0 Å².